The van der Waals surface area contributed by atoms with Gasteiger partial charge in [0.25, 0.3) is 0 Å². The summed E-state index contributed by atoms with van der Waals surface area (Å²) in [4.78, 5) is 27.4. The van der Waals surface area contributed by atoms with E-state index in [0.717, 1.165) is 60.3 Å². The van der Waals surface area contributed by atoms with E-state index >= 15 is 0 Å². The van der Waals surface area contributed by atoms with E-state index in [2.05, 4.69) is 27.9 Å². The number of anilines is 1. The lowest BCUT2D eigenvalue weighted by molar-refractivity contribution is -0.146. The molecule has 0 radical (unpaired) electrons. The van der Waals surface area contributed by atoms with Crippen LogP contribution < -0.4 is 5.32 Å². The molecule has 24 heavy (non-hydrogen) atoms. The van der Waals surface area contributed by atoms with Crippen LogP contribution in [-0.2, 0) is 27.3 Å². The minimum absolute atomic E-state index is 0.0864. The standard InChI is InChI=1S/C18H23N3O3/c1-4-5-6-13-9-16-15(10-14(13)19-11(2)22)20-18-17(24-12(3)23)7-8-21(16)18/h9-10,17H,4-8H2,1-3H3,(H,19,22). The highest BCUT2D eigenvalue weighted by Crippen LogP contribution is 2.35. The van der Waals surface area contributed by atoms with Crippen LogP contribution in [0.5, 0.6) is 0 Å². The van der Waals surface area contributed by atoms with Crippen molar-refractivity contribution in [1.82, 2.24) is 9.55 Å². The van der Waals surface area contributed by atoms with Crippen LogP contribution in [0.25, 0.3) is 11.0 Å². The summed E-state index contributed by atoms with van der Waals surface area (Å²) in [7, 11) is 0. The van der Waals surface area contributed by atoms with Crippen molar-refractivity contribution in [1.29, 1.82) is 0 Å². The number of unbranched alkanes of at least 4 members (excludes halogenated alkanes) is 1. The number of nitrogens with one attached hydrogen (secondary N) is 1. The molecule has 128 valence electrons. The zero-order valence-electron chi connectivity index (χ0n) is 14.4. The number of hydrogen-bond acceptors (Lipinski definition) is 4. The van der Waals surface area contributed by atoms with E-state index in [1.807, 2.05) is 6.07 Å². The lowest BCUT2D eigenvalue weighted by Crippen LogP contribution is -2.08. The molecule has 1 aliphatic heterocycles. The molecule has 0 fully saturated rings. The van der Waals surface area contributed by atoms with Crippen molar-refractivity contribution in [2.45, 2.75) is 59.1 Å². The Morgan fingerprint density at radius 3 is 2.83 bits per heavy atom. The molecule has 0 aliphatic carbocycles. The van der Waals surface area contributed by atoms with Crippen molar-refractivity contribution in [3.63, 3.8) is 0 Å². The van der Waals surface area contributed by atoms with Crippen LogP contribution in [-0.4, -0.2) is 21.4 Å². The Kier molecular flexibility index (Phi) is 4.55. The van der Waals surface area contributed by atoms with Gasteiger partial charge in [-0.1, -0.05) is 13.3 Å². The third-order valence-corrected chi connectivity index (χ3v) is 4.32. The molecule has 0 saturated carbocycles. The largest absolute Gasteiger partial charge is 0.454 e. The second-order valence-corrected chi connectivity index (χ2v) is 6.29. The van der Waals surface area contributed by atoms with Gasteiger partial charge in [-0.15, -0.1) is 0 Å². The van der Waals surface area contributed by atoms with Crippen LogP contribution in [0, 0.1) is 0 Å². The van der Waals surface area contributed by atoms with Crippen molar-refractivity contribution in [2.75, 3.05) is 5.32 Å². The number of amides is 1. The van der Waals surface area contributed by atoms with Gasteiger partial charge in [-0.25, -0.2) is 4.98 Å². The van der Waals surface area contributed by atoms with Crippen LogP contribution in [0.2, 0.25) is 0 Å². The quantitative estimate of drug-likeness (QED) is 0.854. The Morgan fingerprint density at radius 2 is 2.17 bits per heavy atom. The highest BCUT2D eigenvalue weighted by Gasteiger charge is 2.29. The molecule has 1 aliphatic rings. The second kappa shape index (κ2) is 6.63. The number of nitrogens with zero attached hydrogens (tertiary/aromatic N) is 2. The smallest absolute Gasteiger partial charge is 0.303 e. The molecule has 1 aromatic heterocycles. The first kappa shape index (κ1) is 16.5. The number of rotatable bonds is 5. The number of carbonyl (C=O) groups excluding carboxylic acids is 2. The molecule has 2 heterocycles. The Balaban J connectivity index is 2.04. The van der Waals surface area contributed by atoms with Gasteiger partial charge in [0.1, 0.15) is 0 Å². The first-order valence-electron chi connectivity index (χ1n) is 8.47. The Bertz CT molecular complexity index is 794. The van der Waals surface area contributed by atoms with Crippen LogP contribution in [0.3, 0.4) is 0 Å². The molecule has 6 heteroatoms. The van der Waals surface area contributed by atoms with Gasteiger partial charge in [0.15, 0.2) is 11.9 Å². The molecule has 1 amide bonds. The van der Waals surface area contributed by atoms with Crippen molar-refractivity contribution >= 4 is 28.6 Å². The zero-order chi connectivity index (χ0) is 17.3. The maximum absolute atomic E-state index is 11.5. The van der Waals surface area contributed by atoms with E-state index in [4.69, 9.17) is 4.74 Å². The van der Waals surface area contributed by atoms with E-state index < -0.39 is 0 Å². The molecule has 2 aromatic rings. The number of aryl methyl sites for hydroxylation is 2. The molecular weight excluding hydrogens is 306 g/mol. The van der Waals surface area contributed by atoms with Gasteiger partial charge in [0, 0.05) is 32.5 Å². The van der Waals surface area contributed by atoms with Gasteiger partial charge in [0.05, 0.1) is 11.0 Å². The summed E-state index contributed by atoms with van der Waals surface area (Å²) in [5, 5.41) is 2.91. The third-order valence-electron chi connectivity index (χ3n) is 4.32. The molecule has 0 bridgehead atoms. The van der Waals surface area contributed by atoms with Crippen molar-refractivity contribution in [3.8, 4) is 0 Å². The van der Waals surface area contributed by atoms with Gasteiger partial charge >= 0.3 is 5.97 Å². The monoisotopic (exact) mass is 329 g/mol. The van der Waals surface area contributed by atoms with Gasteiger partial charge < -0.3 is 14.6 Å². The molecular formula is C18H23N3O3. The van der Waals surface area contributed by atoms with E-state index in [0.29, 0.717) is 0 Å². The lowest BCUT2D eigenvalue weighted by atomic mass is 10.0. The number of imidazole rings is 1. The summed E-state index contributed by atoms with van der Waals surface area (Å²) >= 11 is 0. The first-order valence-corrected chi connectivity index (χ1v) is 8.47. The van der Waals surface area contributed by atoms with Gasteiger partial charge in [-0.05, 0) is 30.5 Å². The van der Waals surface area contributed by atoms with Crippen molar-refractivity contribution < 1.29 is 14.3 Å². The lowest BCUT2D eigenvalue weighted by Gasteiger charge is -2.11. The Labute approximate surface area is 141 Å². The van der Waals surface area contributed by atoms with E-state index in [-0.39, 0.29) is 18.0 Å². The molecule has 1 N–H and O–H groups in total. The number of benzene rings is 1. The molecule has 3 rings (SSSR count). The van der Waals surface area contributed by atoms with Crippen LogP contribution in [0.1, 0.15) is 57.5 Å². The summed E-state index contributed by atoms with van der Waals surface area (Å²) in [6.07, 6.45) is 3.55. The van der Waals surface area contributed by atoms with E-state index in [9.17, 15) is 9.59 Å². The summed E-state index contributed by atoms with van der Waals surface area (Å²) < 4.78 is 7.49. The van der Waals surface area contributed by atoms with Crippen LogP contribution >= 0.6 is 0 Å². The number of aromatic nitrogens is 2. The van der Waals surface area contributed by atoms with Gasteiger partial charge in [0.2, 0.25) is 5.91 Å². The second-order valence-electron chi connectivity index (χ2n) is 6.29. The average Bonchev–Trinajstić information content (AvgIpc) is 3.04. The molecule has 0 saturated heterocycles. The fraction of sp³-hybridized carbons (Fsp3) is 0.500. The summed E-state index contributed by atoms with van der Waals surface area (Å²) in [5.41, 5.74) is 3.81. The third kappa shape index (κ3) is 3.13. The van der Waals surface area contributed by atoms with Gasteiger partial charge in [-0.2, -0.15) is 0 Å². The number of ether oxygens (including phenoxy) is 1. The minimum atomic E-state index is -0.289. The molecule has 1 unspecified atom stereocenters. The van der Waals surface area contributed by atoms with Crippen LogP contribution in [0.15, 0.2) is 12.1 Å². The van der Waals surface area contributed by atoms with Crippen molar-refractivity contribution in [2.24, 2.45) is 0 Å². The Morgan fingerprint density at radius 1 is 1.38 bits per heavy atom. The topological polar surface area (TPSA) is 73.2 Å². The highest BCUT2D eigenvalue weighted by atomic mass is 16.5. The Hall–Kier alpha value is -2.37. The van der Waals surface area contributed by atoms with Crippen LogP contribution in [0.4, 0.5) is 5.69 Å². The SMILES string of the molecule is CCCCc1cc2c(cc1NC(C)=O)nc1n2CCC1OC(C)=O. The fourth-order valence-corrected chi connectivity index (χ4v) is 3.28. The fourth-order valence-electron chi connectivity index (χ4n) is 3.28. The molecule has 6 nitrogen and oxygen atoms in total. The first-order chi connectivity index (χ1) is 11.5. The number of fused-ring (bicyclic) bond motifs is 3. The minimum Gasteiger partial charge on any atom is -0.454 e. The maximum Gasteiger partial charge on any atom is 0.303 e. The van der Waals surface area contributed by atoms with Crippen molar-refractivity contribution in [3.05, 3.63) is 23.5 Å². The van der Waals surface area contributed by atoms with Gasteiger partial charge in [-0.3, -0.25) is 9.59 Å². The number of hydrogen-bond donors (Lipinski definition) is 1. The van der Waals surface area contributed by atoms with E-state index in [1.165, 1.54) is 13.8 Å². The number of carbonyl (C=O) groups is 2. The molecule has 1 aromatic carbocycles. The summed E-state index contributed by atoms with van der Waals surface area (Å²) in [5.74, 6) is 0.418. The molecule has 0 spiro atoms. The summed E-state index contributed by atoms with van der Waals surface area (Å²) in [6, 6.07) is 4.04. The zero-order valence-corrected chi connectivity index (χ0v) is 14.4. The van der Waals surface area contributed by atoms with E-state index in [1.54, 1.807) is 0 Å². The average molecular weight is 329 g/mol. The normalized spacial score (nSPS) is 16.2. The predicted molar refractivity (Wildman–Crippen MR) is 91.8 cm³/mol. The summed E-state index contributed by atoms with van der Waals surface area (Å²) in [6.45, 7) is 5.87. The molecule has 1 atom stereocenters. The predicted octanol–water partition coefficient (Wildman–Crippen LogP) is 3.35. The highest BCUT2D eigenvalue weighted by molar-refractivity contribution is 5.93. The number of esters is 1. The maximum atomic E-state index is 11.5.